The van der Waals surface area contributed by atoms with Crippen molar-refractivity contribution in [2.45, 2.75) is 13.0 Å². The van der Waals surface area contributed by atoms with E-state index in [9.17, 15) is 0 Å². The van der Waals surface area contributed by atoms with Crippen LogP contribution in [0.4, 0.5) is 5.82 Å². The average molecular weight is 366 g/mol. The summed E-state index contributed by atoms with van der Waals surface area (Å²) in [6.07, 6.45) is 3.95. The van der Waals surface area contributed by atoms with Gasteiger partial charge in [-0.25, -0.2) is 4.98 Å². The van der Waals surface area contributed by atoms with Crippen molar-refractivity contribution in [3.05, 3.63) is 54.4 Å². The molecule has 0 N–H and O–H groups in total. The number of aromatic nitrogens is 2. The first-order valence-corrected chi connectivity index (χ1v) is 9.39. The summed E-state index contributed by atoms with van der Waals surface area (Å²) in [5.41, 5.74) is 2.38. The van der Waals surface area contributed by atoms with Crippen molar-refractivity contribution in [2.24, 2.45) is 0 Å². The first-order valence-electron chi connectivity index (χ1n) is 9.39. The summed E-state index contributed by atoms with van der Waals surface area (Å²) in [5.74, 6) is 1.73. The predicted octanol–water partition coefficient (Wildman–Crippen LogP) is 2.99. The van der Waals surface area contributed by atoms with Crippen LogP contribution in [0.5, 0.6) is 5.75 Å². The highest BCUT2D eigenvalue weighted by Gasteiger charge is 2.31. The Balaban J connectivity index is 1.74. The highest BCUT2D eigenvalue weighted by Crippen LogP contribution is 2.35. The molecule has 0 aliphatic carbocycles. The maximum Gasteiger partial charge on any atom is 0.171 e. The summed E-state index contributed by atoms with van der Waals surface area (Å²) < 4.78 is 7.40. The SMILES string of the molecule is CCN1CCN(c2ncccc2OC)CC1c1cn(OC)c2ccccc12. The second kappa shape index (κ2) is 7.48. The molecule has 0 amide bonds. The van der Waals surface area contributed by atoms with Gasteiger partial charge in [0.15, 0.2) is 11.6 Å². The average Bonchev–Trinajstić information content (AvgIpc) is 3.12. The van der Waals surface area contributed by atoms with Gasteiger partial charge in [-0.1, -0.05) is 25.1 Å². The number of methoxy groups -OCH3 is 1. The third kappa shape index (κ3) is 3.10. The minimum atomic E-state index is 0.261. The number of pyridine rings is 1. The molecule has 0 radical (unpaired) electrons. The molecule has 1 unspecified atom stereocenters. The van der Waals surface area contributed by atoms with E-state index in [1.54, 1.807) is 14.2 Å². The summed E-state index contributed by atoms with van der Waals surface area (Å²) in [6, 6.07) is 12.6. The summed E-state index contributed by atoms with van der Waals surface area (Å²) >= 11 is 0. The number of rotatable bonds is 5. The Bertz CT molecular complexity index is 923. The summed E-state index contributed by atoms with van der Waals surface area (Å²) in [7, 11) is 3.41. The van der Waals surface area contributed by atoms with E-state index in [1.165, 1.54) is 10.9 Å². The number of nitrogens with zero attached hydrogens (tertiary/aromatic N) is 4. The number of ether oxygens (including phenoxy) is 1. The number of hydrogen-bond acceptors (Lipinski definition) is 5. The maximum absolute atomic E-state index is 5.57. The molecule has 1 saturated heterocycles. The van der Waals surface area contributed by atoms with Crippen molar-refractivity contribution in [3.63, 3.8) is 0 Å². The van der Waals surface area contributed by atoms with Gasteiger partial charge in [-0.15, -0.1) is 0 Å². The van der Waals surface area contributed by atoms with E-state index in [1.807, 2.05) is 29.1 Å². The molecule has 4 rings (SSSR count). The smallest absolute Gasteiger partial charge is 0.171 e. The number of benzene rings is 1. The number of likely N-dealkylation sites (N-methyl/N-ethyl adjacent to an activating group) is 1. The van der Waals surface area contributed by atoms with Gasteiger partial charge in [0.25, 0.3) is 0 Å². The lowest BCUT2D eigenvalue weighted by Gasteiger charge is -2.41. The third-order valence-electron chi connectivity index (χ3n) is 5.43. The fourth-order valence-corrected chi connectivity index (χ4v) is 4.06. The summed E-state index contributed by atoms with van der Waals surface area (Å²) in [4.78, 5) is 15.0. The molecule has 1 atom stereocenters. The van der Waals surface area contributed by atoms with Crippen molar-refractivity contribution >= 4 is 16.7 Å². The molecular weight excluding hydrogens is 340 g/mol. The molecule has 0 spiro atoms. The van der Waals surface area contributed by atoms with Crippen LogP contribution in [0.25, 0.3) is 10.9 Å². The Morgan fingerprint density at radius 3 is 2.74 bits per heavy atom. The Morgan fingerprint density at radius 2 is 1.96 bits per heavy atom. The van der Waals surface area contributed by atoms with Crippen LogP contribution in [0.3, 0.4) is 0 Å². The first-order chi connectivity index (χ1) is 13.3. The highest BCUT2D eigenvalue weighted by atomic mass is 16.6. The highest BCUT2D eigenvalue weighted by molar-refractivity contribution is 5.84. The normalized spacial score (nSPS) is 18.0. The zero-order chi connectivity index (χ0) is 18.8. The Labute approximate surface area is 159 Å². The Kier molecular flexibility index (Phi) is 4.90. The summed E-state index contributed by atoms with van der Waals surface area (Å²) in [5, 5.41) is 1.23. The van der Waals surface area contributed by atoms with Gasteiger partial charge < -0.3 is 14.5 Å². The second-order valence-electron chi connectivity index (χ2n) is 6.73. The number of hydrogen-bond donors (Lipinski definition) is 0. The van der Waals surface area contributed by atoms with Crippen molar-refractivity contribution in [2.75, 3.05) is 45.3 Å². The molecule has 0 saturated carbocycles. The van der Waals surface area contributed by atoms with Crippen LogP contribution in [-0.2, 0) is 0 Å². The van der Waals surface area contributed by atoms with E-state index < -0.39 is 0 Å². The van der Waals surface area contributed by atoms with Crippen molar-refractivity contribution in [3.8, 4) is 5.75 Å². The van der Waals surface area contributed by atoms with E-state index in [4.69, 9.17) is 9.57 Å². The van der Waals surface area contributed by atoms with E-state index in [-0.39, 0.29) is 6.04 Å². The molecule has 1 aliphatic heterocycles. The molecule has 3 heterocycles. The van der Waals surface area contributed by atoms with Crippen LogP contribution < -0.4 is 14.5 Å². The van der Waals surface area contributed by atoms with Crippen molar-refractivity contribution in [1.29, 1.82) is 0 Å². The quantitative estimate of drug-likeness (QED) is 0.694. The molecule has 3 aromatic rings. The van der Waals surface area contributed by atoms with Gasteiger partial charge >= 0.3 is 0 Å². The van der Waals surface area contributed by atoms with Crippen molar-refractivity contribution in [1.82, 2.24) is 14.6 Å². The molecule has 142 valence electrons. The lowest BCUT2D eigenvalue weighted by molar-refractivity contribution is 0.170. The standard InChI is InChI=1S/C21H26N4O2/c1-4-23-12-13-24(21-20(26-2)10-7-11-22-21)15-19(23)17-14-25(27-3)18-9-6-5-8-16(17)18/h5-11,14,19H,4,12-13,15H2,1-3H3. The number of fused-ring (bicyclic) bond motifs is 1. The molecule has 6 heteroatoms. The molecular formula is C21H26N4O2. The molecule has 1 aliphatic rings. The molecule has 2 aromatic heterocycles. The maximum atomic E-state index is 5.57. The largest absolute Gasteiger partial charge is 0.493 e. The lowest BCUT2D eigenvalue weighted by atomic mass is 10.0. The van der Waals surface area contributed by atoms with Crippen LogP contribution >= 0.6 is 0 Å². The number of para-hydroxylation sites is 1. The Morgan fingerprint density at radius 1 is 1.11 bits per heavy atom. The molecule has 1 aromatic carbocycles. The van der Waals surface area contributed by atoms with Gasteiger partial charge in [0.2, 0.25) is 0 Å². The zero-order valence-corrected chi connectivity index (χ0v) is 16.1. The molecule has 1 fully saturated rings. The number of anilines is 1. The van der Waals surface area contributed by atoms with Gasteiger partial charge in [-0.05, 0) is 24.7 Å². The molecule has 0 bridgehead atoms. The van der Waals surface area contributed by atoms with Crippen molar-refractivity contribution < 1.29 is 9.57 Å². The minimum Gasteiger partial charge on any atom is -0.493 e. The molecule has 6 nitrogen and oxygen atoms in total. The topological polar surface area (TPSA) is 42.8 Å². The second-order valence-corrected chi connectivity index (χ2v) is 6.73. The van der Waals surface area contributed by atoms with Crippen LogP contribution in [0.2, 0.25) is 0 Å². The number of piperazine rings is 1. The van der Waals surface area contributed by atoms with Gasteiger partial charge in [-0.2, -0.15) is 4.73 Å². The fourth-order valence-electron chi connectivity index (χ4n) is 4.06. The third-order valence-corrected chi connectivity index (χ3v) is 5.43. The van der Waals surface area contributed by atoms with E-state index in [0.717, 1.165) is 43.3 Å². The monoisotopic (exact) mass is 366 g/mol. The van der Waals surface area contributed by atoms with E-state index in [0.29, 0.717) is 0 Å². The zero-order valence-electron chi connectivity index (χ0n) is 16.1. The van der Waals surface area contributed by atoms with E-state index >= 15 is 0 Å². The first kappa shape index (κ1) is 17.7. The predicted molar refractivity (Wildman–Crippen MR) is 107 cm³/mol. The molecule has 27 heavy (non-hydrogen) atoms. The van der Waals surface area contributed by atoms with Crippen LogP contribution in [-0.4, -0.2) is 55.0 Å². The fraction of sp³-hybridized carbons (Fsp3) is 0.381. The Hall–Kier alpha value is -2.73. The van der Waals surface area contributed by atoms with Gasteiger partial charge in [0, 0.05) is 43.0 Å². The van der Waals surface area contributed by atoms with Crippen LogP contribution in [0.1, 0.15) is 18.5 Å². The van der Waals surface area contributed by atoms with Crippen LogP contribution in [0.15, 0.2) is 48.8 Å². The summed E-state index contributed by atoms with van der Waals surface area (Å²) in [6.45, 7) is 6.00. The van der Waals surface area contributed by atoms with Gasteiger partial charge in [0.1, 0.15) is 7.11 Å². The van der Waals surface area contributed by atoms with Gasteiger partial charge in [0.05, 0.1) is 18.7 Å². The minimum absolute atomic E-state index is 0.261. The van der Waals surface area contributed by atoms with Gasteiger partial charge in [-0.3, -0.25) is 4.90 Å². The van der Waals surface area contributed by atoms with E-state index in [2.05, 4.69) is 46.1 Å². The van der Waals surface area contributed by atoms with Crippen LogP contribution in [0, 0.1) is 0 Å². The lowest BCUT2D eigenvalue weighted by Crippen LogP contribution is -2.48.